The highest BCUT2D eigenvalue weighted by molar-refractivity contribution is 6.07. The van der Waals surface area contributed by atoms with E-state index in [1.165, 1.54) is 11.3 Å². The highest BCUT2D eigenvalue weighted by Gasteiger charge is 2.54. The van der Waals surface area contributed by atoms with Crippen molar-refractivity contribution in [2.45, 2.75) is 69.9 Å². The molecule has 0 aromatic rings. The third-order valence-corrected chi connectivity index (χ3v) is 5.17. The van der Waals surface area contributed by atoms with Crippen LogP contribution in [0.15, 0.2) is 0 Å². The summed E-state index contributed by atoms with van der Waals surface area (Å²) in [5, 5.41) is 3.00. The molecule has 0 aromatic heterocycles. The van der Waals surface area contributed by atoms with Gasteiger partial charge < -0.3 is 5.32 Å². The molecule has 0 atom stereocenters. The van der Waals surface area contributed by atoms with Gasteiger partial charge in [0.1, 0.15) is 5.54 Å². The lowest BCUT2D eigenvalue weighted by molar-refractivity contribution is -0.135. The average molecular weight is 250 g/mol. The van der Waals surface area contributed by atoms with Gasteiger partial charge >= 0.3 is 6.03 Å². The van der Waals surface area contributed by atoms with E-state index in [1.54, 1.807) is 0 Å². The molecule has 4 nitrogen and oxygen atoms in total. The largest absolute Gasteiger partial charge is 0.325 e. The van der Waals surface area contributed by atoms with Crippen molar-refractivity contribution < 1.29 is 9.59 Å². The number of nitrogens with zero attached hydrogens (tertiary/aromatic N) is 1. The predicted octanol–water partition coefficient (Wildman–Crippen LogP) is 2.43. The van der Waals surface area contributed by atoms with E-state index in [2.05, 4.69) is 12.2 Å². The highest BCUT2D eigenvalue weighted by atomic mass is 16.2. The van der Waals surface area contributed by atoms with Gasteiger partial charge in [0.25, 0.3) is 5.91 Å². The Morgan fingerprint density at radius 1 is 1.22 bits per heavy atom. The minimum Gasteiger partial charge on any atom is -0.323 e. The van der Waals surface area contributed by atoms with E-state index in [1.807, 2.05) is 0 Å². The fraction of sp³-hybridized carbons (Fsp3) is 0.857. The van der Waals surface area contributed by atoms with Crippen LogP contribution < -0.4 is 5.32 Å². The summed E-state index contributed by atoms with van der Waals surface area (Å²) in [5.41, 5.74) is -0.543. The summed E-state index contributed by atoms with van der Waals surface area (Å²) < 4.78 is 0. The second-order valence-electron chi connectivity index (χ2n) is 6.12. The summed E-state index contributed by atoms with van der Waals surface area (Å²) in [6.45, 7) is 2.21. The molecule has 4 heteroatoms. The molecule has 3 fully saturated rings. The smallest absolute Gasteiger partial charge is 0.323 e. The molecule has 100 valence electrons. The van der Waals surface area contributed by atoms with Gasteiger partial charge in [-0.25, -0.2) is 4.79 Å². The Morgan fingerprint density at radius 3 is 2.39 bits per heavy atom. The summed E-state index contributed by atoms with van der Waals surface area (Å²) in [6, 6.07) is 0.0421. The van der Waals surface area contributed by atoms with E-state index in [0.717, 1.165) is 50.9 Å². The number of hydrogen-bond acceptors (Lipinski definition) is 2. The molecule has 1 aliphatic heterocycles. The Labute approximate surface area is 108 Å². The second-order valence-corrected chi connectivity index (χ2v) is 6.12. The molecule has 1 heterocycles. The van der Waals surface area contributed by atoms with Crippen LogP contribution >= 0.6 is 0 Å². The molecular formula is C14H22N2O2. The Kier molecular flexibility index (Phi) is 2.83. The fourth-order valence-corrected chi connectivity index (χ4v) is 3.54. The molecule has 2 aliphatic carbocycles. The molecule has 2 saturated carbocycles. The Morgan fingerprint density at radius 2 is 1.89 bits per heavy atom. The van der Waals surface area contributed by atoms with Crippen molar-refractivity contribution in [3.05, 3.63) is 0 Å². The Bertz CT molecular complexity index is 368. The summed E-state index contributed by atoms with van der Waals surface area (Å²) in [7, 11) is 0. The Hall–Kier alpha value is -1.06. The SMILES string of the molecule is CCC1CCC2(CC1)NC(=O)N(C1CCC1)C2=O. The first-order valence-corrected chi connectivity index (χ1v) is 7.32. The number of imide groups is 1. The van der Waals surface area contributed by atoms with Crippen molar-refractivity contribution in [1.29, 1.82) is 0 Å². The van der Waals surface area contributed by atoms with E-state index in [9.17, 15) is 9.59 Å². The van der Waals surface area contributed by atoms with Gasteiger partial charge in [0.2, 0.25) is 0 Å². The van der Waals surface area contributed by atoms with Crippen LogP contribution in [0, 0.1) is 5.92 Å². The Balaban J connectivity index is 1.74. The standard InChI is InChI=1S/C14H22N2O2/c1-2-10-6-8-14(9-7-10)12(17)16(13(18)15-14)11-4-3-5-11/h10-11H,2-9H2,1H3,(H,15,18). The molecule has 0 radical (unpaired) electrons. The minimum absolute atomic E-state index is 0.0618. The summed E-state index contributed by atoms with van der Waals surface area (Å²) in [4.78, 5) is 26.1. The molecule has 1 N–H and O–H groups in total. The highest BCUT2D eigenvalue weighted by Crippen LogP contribution is 2.40. The first-order valence-electron chi connectivity index (χ1n) is 7.32. The second kappa shape index (κ2) is 4.25. The van der Waals surface area contributed by atoms with Crippen LogP contribution in [0.2, 0.25) is 0 Å². The maximum Gasteiger partial charge on any atom is 0.325 e. The number of hydrogen-bond donors (Lipinski definition) is 1. The van der Waals surface area contributed by atoms with Gasteiger partial charge in [-0.05, 0) is 50.9 Å². The van der Waals surface area contributed by atoms with Crippen LogP contribution in [-0.2, 0) is 4.79 Å². The van der Waals surface area contributed by atoms with Crippen LogP contribution in [0.3, 0.4) is 0 Å². The lowest BCUT2D eigenvalue weighted by Gasteiger charge is -2.36. The van der Waals surface area contributed by atoms with Crippen LogP contribution in [0.25, 0.3) is 0 Å². The van der Waals surface area contributed by atoms with E-state index in [4.69, 9.17) is 0 Å². The van der Waals surface area contributed by atoms with Gasteiger partial charge in [0.15, 0.2) is 0 Å². The van der Waals surface area contributed by atoms with E-state index in [-0.39, 0.29) is 18.0 Å². The van der Waals surface area contributed by atoms with Crippen molar-refractivity contribution in [1.82, 2.24) is 10.2 Å². The minimum atomic E-state index is -0.543. The molecule has 1 saturated heterocycles. The summed E-state index contributed by atoms with van der Waals surface area (Å²) in [5.74, 6) is 0.796. The summed E-state index contributed by atoms with van der Waals surface area (Å²) >= 11 is 0. The van der Waals surface area contributed by atoms with Crippen molar-refractivity contribution in [2.75, 3.05) is 0 Å². The van der Waals surface area contributed by atoms with Gasteiger partial charge in [-0.15, -0.1) is 0 Å². The number of urea groups is 1. The van der Waals surface area contributed by atoms with Crippen molar-refractivity contribution in [2.24, 2.45) is 5.92 Å². The maximum atomic E-state index is 12.6. The zero-order chi connectivity index (χ0) is 12.8. The molecule has 3 aliphatic rings. The number of rotatable bonds is 2. The fourth-order valence-electron chi connectivity index (χ4n) is 3.54. The predicted molar refractivity (Wildman–Crippen MR) is 68.0 cm³/mol. The molecule has 0 unspecified atom stereocenters. The maximum absolute atomic E-state index is 12.6. The van der Waals surface area contributed by atoms with E-state index < -0.39 is 5.54 Å². The average Bonchev–Trinajstić information content (AvgIpc) is 2.54. The van der Waals surface area contributed by atoms with Crippen LogP contribution in [-0.4, -0.2) is 28.4 Å². The zero-order valence-corrected chi connectivity index (χ0v) is 11.1. The van der Waals surface area contributed by atoms with Crippen LogP contribution in [0.4, 0.5) is 4.79 Å². The quantitative estimate of drug-likeness (QED) is 0.765. The molecular weight excluding hydrogens is 228 g/mol. The summed E-state index contributed by atoms with van der Waals surface area (Å²) in [6.07, 6.45) is 8.12. The normalized spacial score (nSPS) is 36.9. The topological polar surface area (TPSA) is 49.4 Å². The first kappa shape index (κ1) is 12.0. The third-order valence-electron chi connectivity index (χ3n) is 5.17. The van der Waals surface area contributed by atoms with Gasteiger partial charge in [-0.1, -0.05) is 13.3 Å². The molecule has 0 aromatic carbocycles. The van der Waals surface area contributed by atoms with Gasteiger partial charge in [0, 0.05) is 6.04 Å². The third kappa shape index (κ3) is 1.65. The number of nitrogens with one attached hydrogen (secondary N) is 1. The van der Waals surface area contributed by atoms with Crippen LogP contribution in [0.5, 0.6) is 0 Å². The van der Waals surface area contributed by atoms with Crippen molar-refractivity contribution >= 4 is 11.9 Å². The zero-order valence-electron chi connectivity index (χ0n) is 11.1. The lowest BCUT2D eigenvalue weighted by Crippen LogP contribution is -2.51. The van der Waals surface area contributed by atoms with Gasteiger partial charge in [0.05, 0.1) is 0 Å². The molecule has 18 heavy (non-hydrogen) atoms. The number of carbonyl (C=O) groups is 2. The molecule has 1 spiro atoms. The molecule has 0 bridgehead atoms. The molecule has 3 amide bonds. The van der Waals surface area contributed by atoms with Gasteiger partial charge in [-0.2, -0.15) is 0 Å². The molecule has 3 rings (SSSR count). The first-order chi connectivity index (χ1) is 8.66. The van der Waals surface area contributed by atoms with E-state index >= 15 is 0 Å². The van der Waals surface area contributed by atoms with Gasteiger partial charge in [-0.3, -0.25) is 9.69 Å². The number of carbonyl (C=O) groups excluding carboxylic acids is 2. The van der Waals surface area contributed by atoms with E-state index in [0.29, 0.717) is 0 Å². The van der Waals surface area contributed by atoms with Crippen molar-refractivity contribution in [3.63, 3.8) is 0 Å². The van der Waals surface area contributed by atoms with Crippen LogP contribution in [0.1, 0.15) is 58.3 Å². The lowest BCUT2D eigenvalue weighted by atomic mass is 9.75. The number of amides is 3. The van der Waals surface area contributed by atoms with Crippen molar-refractivity contribution in [3.8, 4) is 0 Å². The monoisotopic (exact) mass is 250 g/mol.